The molecule has 73 heavy (non-hydrogen) atoms. The average Bonchev–Trinajstić information content (AvgIpc) is 4.10. The van der Waals surface area contributed by atoms with Gasteiger partial charge in [0, 0.05) is 67.8 Å². The lowest BCUT2D eigenvalue weighted by Crippen LogP contribution is -2.57. The van der Waals surface area contributed by atoms with Crippen molar-refractivity contribution in [2.24, 2.45) is 5.41 Å². The molecule has 0 spiro atoms. The van der Waals surface area contributed by atoms with E-state index in [9.17, 15) is 41.9 Å². The van der Waals surface area contributed by atoms with Crippen LogP contribution in [0.4, 0.5) is 14.5 Å². The number of aliphatic hydroxyl groups is 1. The van der Waals surface area contributed by atoms with Crippen LogP contribution in [0.3, 0.4) is 0 Å². The Balaban J connectivity index is 0.854. The number of aromatic nitrogens is 3. The van der Waals surface area contributed by atoms with Crippen LogP contribution in [0.2, 0.25) is 0 Å². The molecule has 4 heterocycles. The Kier molecular flexibility index (Phi) is 17.2. The average molecular weight is 1040 g/mol. The number of ether oxygens (including phenoxy) is 1. The van der Waals surface area contributed by atoms with Crippen molar-refractivity contribution in [2.75, 3.05) is 30.2 Å². The number of carbonyl (C=O) groups is 5. The SMILES string of the molecule is CCCS(=O)(=O)Nc1ccc(F)c(C(=O)c2c[nH]c3ncc(-c4ccc(CNC(=O)CCOCCC(=O)N[C@H](C(=O)N5C[C@H](O)C[C@H]5C(=O)NCc5ccc(-c6scnc6C)cc5)C(C)(C)C)cc4)cc23)c1F. The van der Waals surface area contributed by atoms with E-state index in [4.69, 9.17) is 4.74 Å². The molecule has 3 aromatic carbocycles. The summed E-state index contributed by atoms with van der Waals surface area (Å²) in [6.07, 6.45) is 2.17. The Morgan fingerprint density at radius 3 is 2.21 bits per heavy atom. The second-order valence-corrected chi connectivity index (χ2v) is 21.6. The fraction of sp³-hybridized carbons (Fsp3) is 0.365. The van der Waals surface area contributed by atoms with Crippen molar-refractivity contribution >= 4 is 67.5 Å². The fourth-order valence-electron chi connectivity index (χ4n) is 8.36. The molecule has 0 aliphatic carbocycles. The minimum absolute atomic E-state index is 0.0113. The van der Waals surface area contributed by atoms with Gasteiger partial charge in [-0.2, -0.15) is 0 Å². The molecule has 4 amide bonds. The molecule has 0 unspecified atom stereocenters. The van der Waals surface area contributed by atoms with E-state index in [2.05, 4.69) is 35.6 Å². The minimum Gasteiger partial charge on any atom is -0.391 e. The van der Waals surface area contributed by atoms with E-state index in [0.29, 0.717) is 11.1 Å². The number of H-pyrrole nitrogens is 1. The van der Waals surface area contributed by atoms with Crippen LogP contribution in [0.1, 0.15) is 86.1 Å². The summed E-state index contributed by atoms with van der Waals surface area (Å²) in [5.74, 6) is -5.44. The Labute approximate surface area is 425 Å². The van der Waals surface area contributed by atoms with Gasteiger partial charge in [0.25, 0.3) is 0 Å². The number of aromatic amines is 1. The van der Waals surface area contributed by atoms with Crippen molar-refractivity contribution in [1.82, 2.24) is 35.8 Å². The molecule has 21 heteroatoms. The third-order valence-electron chi connectivity index (χ3n) is 12.3. The fourth-order valence-corrected chi connectivity index (χ4v) is 10.3. The van der Waals surface area contributed by atoms with Crippen LogP contribution in [-0.4, -0.2) is 106 Å². The molecule has 6 N–H and O–H groups in total. The van der Waals surface area contributed by atoms with Gasteiger partial charge in [-0.3, -0.25) is 28.7 Å². The molecule has 1 aliphatic heterocycles. The maximum atomic E-state index is 15.5. The monoisotopic (exact) mass is 1040 g/mol. The zero-order valence-electron chi connectivity index (χ0n) is 41.0. The number of ketones is 1. The molecule has 1 saturated heterocycles. The predicted octanol–water partition coefficient (Wildman–Crippen LogP) is 6.54. The normalized spacial score (nSPS) is 15.3. The zero-order chi connectivity index (χ0) is 52.6. The number of amides is 4. The summed E-state index contributed by atoms with van der Waals surface area (Å²) in [5.41, 5.74) is 4.68. The number of nitrogens with one attached hydrogen (secondary N) is 5. The number of fused-ring (bicyclic) bond motifs is 1. The van der Waals surface area contributed by atoms with E-state index >= 15 is 4.39 Å². The number of carbonyl (C=O) groups excluding carboxylic acids is 5. The third-order valence-corrected chi connectivity index (χ3v) is 14.7. The summed E-state index contributed by atoms with van der Waals surface area (Å²) in [4.78, 5) is 80.8. The lowest BCUT2D eigenvalue weighted by molar-refractivity contribution is -0.144. The number of hydrogen-bond donors (Lipinski definition) is 6. The van der Waals surface area contributed by atoms with E-state index in [-0.39, 0.29) is 86.8 Å². The van der Waals surface area contributed by atoms with Crippen molar-refractivity contribution < 1.29 is 51.0 Å². The molecule has 17 nitrogen and oxygen atoms in total. The molecule has 386 valence electrons. The van der Waals surface area contributed by atoms with Crippen molar-refractivity contribution in [1.29, 1.82) is 0 Å². The van der Waals surface area contributed by atoms with E-state index in [1.54, 1.807) is 81.1 Å². The Bertz CT molecular complexity index is 3100. The van der Waals surface area contributed by atoms with Crippen molar-refractivity contribution in [2.45, 2.75) is 91.6 Å². The van der Waals surface area contributed by atoms with Crippen LogP contribution in [0.15, 0.2) is 84.6 Å². The number of pyridine rings is 1. The third kappa shape index (κ3) is 13.4. The second-order valence-electron chi connectivity index (χ2n) is 18.9. The number of anilines is 1. The number of halogens is 2. The Morgan fingerprint density at radius 2 is 1.56 bits per heavy atom. The molecular formula is C52H58F2N8O9S2. The Hall–Kier alpha value is -6.94. The number of benzene rings is 3. The number of aliphatic hydroxyl groups excluding tert-OH is 1. The van der Waals surface area contributed by atoms with Crippen LogP contribution >= 0.6 is 11.3 Å². The highest BCUT2D eigenvalue weighted by molar-refractivity contribution is 7.92. The summed E-state index contributed by atoms with van der Waals surface area (Å²) < 4.78 is 62.7. The van der Waals surface area contributed by atoms with Crippen LogP contribution < -0.4 is 20.7 Å². The predicted molar refractivity (Wildman–Crippen MR) is 273 cm³/mol. The first-order valence-corrected chi connectivity index (χ1v) is 26.2. The number of likely N-dealkylation sites (tertiary alicyclic amines) is 1. The smallest absolute Gasteiger partial charge is 0.246 e. The topological polar surface area (TPSA) is 242 Å². The van der Waals surface area contributed by atoms with Gasteiger partial charge < -0.3 is 35.7 Å². The molecule has 3 aromatic heterocycles. The summed E-state index contributed by atoms with van der Waals surface area (Å²) in [7, 11) is -3.93. The largest absolute Gasteiger partial charge is 0.391 e. The molecule has 6 aromatic rings. The summed E-state index contributed by atoms with van der Waals surface area (Å²) in [5, 5.41) is 19.4. The molecule has 1 fully saturated rings. The molecule has 3 atom stereocenters. The second kappa shape index (κ2) is 23.3. The molecule has 7 rings (SSSR count). The van der Waals surface area contributed by atoms with Gasteiger partial charge >= 0.3 is 0 Å². The number of rotatable bonds is 21. The number of β-amino-alcohol motifs (C(OH)–C–C–N with tert-alkyl or cyclic N) is 1. The summed E-state index contributed by atoms with van der Waals surface area (Å²) >= 11 is 1.55. The number of aryl methyl sites for hydroxylation is 1. The van der Waals surface area contributed by atoms with Gasteiger partial charge in [-0.05, 0) is 59.2 Å². The van der Waals surface area contributed by atoms with Gasteiger partial charge in [0.2, 0.25) is 39.4 Å². The van der Waals surface area contributed by atoms with E-state index in [0.717, 1.165) is 39.4 Å². The first kappa shape index (κ1) is 53.8. The standard InChI is InChI=1S/C52H58F2N8O9S2/c1-6-21-73(69,70)61-40-16-15-39(53)44(45(40)54)46(66)38-27-57-49-37(38)22-35(26-56-49)33-11-7-31(8-12-33)24-55-42(64)17-19-71-20-18-43(65)60-48(52(3,4)5)51(68)62-28-36(63)23-41(62)50(67)58-25-32-9-13-34(14-10-32)47-30(2)59-29-72-47/h7-16,22,26-27,29,36,41,48,61,63H,6,17-21,23-25,28H2,1-5H3,(H,55,64)(H,56,57)(H,58,67)(H,60,65)/t36-,41+,48-/m1/s1. The first-order chi connectivity index (χ1) is 34.7. The number of nitrogens with zero attached hydrogens (tertiary/aromatic N) is 3. The van der Waals surface area contributed by atoms with E-state index in [1.807, 2.05) is 31.2 Å². The van der Waals surface area contributed by atoms with Crippen molar-refractivity contribution in [3.8, 4) is 21.6 Å². The van der Waals surface area contributed by atoms with Gasteiger partial charge in [-0.1, -0.05) is 76.2 Å². The summed E-state index contributed by atoms with van der Waals surface area (Å²) in [6.45, 7) is 9.34. The lowest BCUT2D eigenvalue weighted by Gasteiger charge is -2.35. The molecule has 0 saturated carbocycles. The highest BCUT2D eigenvalue weighted by atomic mass is 32.2. The maximum Gasteiger partial charge on any atom is 0.246 e. The molecule has 1 aliphatic rings. The lowest BCUT2D eigenvalue weighted by atomic mass is 9.85. The van der Waals surface area contributed by atoms with Gasteiger partial charge in [0.15, 0.2) is 5.82 Å². The molecule has 0 bridgehead atoms. The highest BCUT2D eigenvalue weighted by Gasteiger charge is 2.44. The van der Waals surface area contributed by atoms with Crippen molar-refractivity contribution in [3.63, 3.8) is 0 Å². The number of hydrogen-bond acceptors (Lipinski definition) is 12. The van der Waals surface area contributed by atoms with Gasteiger partial charge in [-0.25, -0.2) is 27.2 Å². The van der Waals surface area contributed by atoms with Gasteiger partial charge in [0.05, 0.1) is 52.4 Å². The van der Waals surface area contributed by atoms with Crippen LogP contribution in [0.5, 0.6) is 0 Å². The highest BCUT2D eigenvalue weighted by Crippen LogP contribution is 2.32. The zero-order valence-corrected chi connectivity index (χ0v) is 42.6. The van der Waals surface area contributed by atoms with E-state index < -0.39 is 80.0 Å². The number of thiazole rings is 1. The quantitative estimate of drug-likeness (QED) is 0.0334. The first-order valence-electron chi connectivity index (χ1n) is 23.7. The summed E-state index contributed by atoms with van der Waals surface area (Å²) in [6, 6.07) is 16.4. The molecular weight excluding hydrogens is 983 g/mol. The minimum atomic E-state index is -3.93. The molecule has 0 radical (unpaired) electrons. The van der Waals surface area contributed by atoms with Crippen LogP contribution in [-0.2, 0) is 47.0 Å². The number of sulfonamides is 1. The van der Waals surface area contributed by atoms with Crippen LogP contribution in [0.25, 0.3) is 32.6 Å². The van der Waals surface area contributed by atoms with Gasteiger partial charge in [0.1, 0.15) is 23.5 Å². The Morgan fingerprint density at radius 1 is 0.904 bits per heavy atom. The van der Waals surface area contributed by atoms with Crippen LogP contribution in [0, 0.1) is 24.0 Å². The maximum absolute atomic E-state index is 15.5. The van der Waals surface area contributed by atoms with Gasteiger partial charge in [-0.15, -0.1) is 11.3 Å². The van der Waals surface area contributed by atoms with Crippen molar-refractivity contribution in [3.05, 3.63) is 124 Å². The van der Waals surface area contributed by atoms with E-state index in [1.165, 1.54) is 11.1 Å².